The van der Waals surface area contributed by atoms with Gasteiger partial charge in [0.25, 0.3) is 10.0 Å². The fraction of sp³-hybridized carbons (Fsp3) is 0.0769. The fourth-order valence-electron chi connectivity index (χ4n) is 1.95. The Balaban J connectivity index is 1.99. The number of nitrogens with one attached hydrogen (secondary N) is 2. The van der Waals surface area contributed by atoms with Crippen LogP contribution >= 0.6 is 0 Å². The zero-order valence-corrected chi connectivity index (χ0v) is 11.5. The maximum Gasteiger partial charge on any atom is 0.262 e. The molecule has 0 unspecified atom stereocenters. The number of nitrogens with zero attached hydrogens (tertiary/aromatic N) is 2. The van der Waals surface area contributed by atoms with Crippen molar-refractivity contribution in [3.8, 4) is 0 Å². The van der Waals surface area contributed by atoms with Gasteiger partial charge < -0.3 is 4.98 Å². The molecule has 0 bridgehead atoms. The van der Waals surface area contributed by atoms with Crippen LogP contribution in [0.5, 0.6) is 0 Å². The van der Waals surface area contributed by atoms with Gasteiger partial charge in [0.15, 0.2) is 5.65 Å². The molecule has 1 aromatic carbocycles. The van der Waals surface area contributed by atoms with Crippen molar-refractivity contribution in [2.45, 2.75) is 11.8 Å². The highest BCUT2D eigenvalue weighted by Crippen LogP contribution is 2.20. The number of aromatic nitrogens is 3. The van der Waals surface area contributed by atoms with Gasteiger partial charge in [-0.05, 0) is 24.6 Å². The van der Waals surface area contributed by atoms with E-state index in [2.05, 4.69) is 19.7 Å². The van der Waals surface area contributed by atoms with E-state index in [9.17, 15) is 8.42 Å². The second-order valence-corrected chi connectivity index (χ2v) is 6.02. The van der Waals surface area contributed by atoms with Crippen molar-refractivity contribution < 1.29 is 8.42 Å². The van der Waals surface area contributed by atoms with Crippen LogP contribution in [0.3, 0.4) is 0 Å². The third-order valence-electron chi connectivity index (χ3n) is 2.91. The fourth-order valence-corrected chi connectivity index (χ4v) is 3.24. The predicted molar refractivity (Wildman–Crippen MR) is 75.9 cm³/mol. The molecule has 2 heterocycles. The predicted octanol–water partition coefficient (Wildman–Crippen LogP) is 2.07. The van der Waals surface area contributed by atoms with E-state index in [4.69, 9.17) is 0 Å². The van der Waals surface area contributed by atoms with Crippen LogP contribution in [0.15, 0.2) is 47.8 Å². The molecule has 0 aliphatic heterocycles. The van der Waals surface area contributed by atoms with Crippen LogP contribution in [-0.4, -0.2) is 23.4 Å². The first-order chi connectivity index (χ1) is 9.56. The molecule has 0 saturated heterocycles. The molecule has 0 atom stereocenters. The highest BCUT2D eigenvalue weighted by atomic mass is 32.2. The normalized spacial score (nSPS) is 11.7. The van der Waals surface area contributed by atoms with Crippen molar-refractivity contribution in [1.82, 2.24) is 15.0 Å². The number of H-pyrrole nitrogens is 1. The van der Waals surface area contributed by atoms with Crippen LogP contribution in [-0.2, 0) is 10.0 Å². The van der Waals surface area contributed by atoms with E-state index in [0.29, 0.717) is 22.4 Å². The Bertz CT molecular complexity index is 871. The van der Waals surface area contributed by atoms with E-state index in [0.717, 1.165) is 0 Å². The van der Waals surface area contributed by atoms with Gasteiger partial charge in [0, 0.05) is 0 Å². The third-order valence-corrected chi connectivity index (χ3v) is 4.45. The van der Waals surface area contributed by atoms with Crippen LogP contribution in [0.2, 0.25) is 0 Å². The SMILES string of the molecule is Cc1ccccc1S(=O)(=O)Nc1cnc2nc[nH]c2c1. The smallest absolute Gasteiger partial charge is 0.262 e. The molecular formula is C13H12N4O2S. The first kappa shape index (κ1) is 12.6. The lowest BCUT2D eigenvalue weighted by atomic mass is 10.2. The summed E-state index contributed by atoms with van der Waals surface area (Å²) in [6.45, 7) is 1.75. The minimum atomic E-state index is -3.62. The number of fused-ring (bicyclic) bond motifs is 1. The molecule has 20 heavy (non-hydrogen) atoms. The summed E-state index contributed by atoms with van der Waals surface area (Å²) in [5.41, 5.74) is 2.31. The van der Waals surface area contributed by atoms with Crippen LogP contribution in [0.25, 0.3) is 11.2 Å². The van der Waals surface area contributed by atoms with Gasteiger partial charge in [-0.25, -0.2) is 18.4 Å². The molecule has 102 valence electrons. The summed E-state index contributed by atoms with van der Waals surface area (Å²) in [5.74, 6) is 0. The zero-order chi connectivity index (χ0) is 14.2. The summed E-state index contributed by atoms with van der Waals surface area (Å²) >= 11 is 0. The minimum Gasteiger partial charge on any atom is -0.343 e. The molecule has 0 aliphatic rings. The van der Waals surface area contributed by atoms with Crippen molar-refractivity contribution >= 4 is 26.9 Å². The molecule has 0 aliphatic carbocycles. The Morgan fingerprint density at radius 3 is 2.80 bits per heavy atom. The average Bonchev–Trinajstić information content (AvgIpc) is 2.86. The number of anilines is 1. The van der Waals surface area contributed by atoms with Gasteiger partial charge in [-0.3, -0.25) is 4.72 Å². The molecule has 0 spiro atoms. The summed E-state index contributed by atoms with van der Waals surface area (Å²) in [6, 6.07) is 8.47. The molecule has 2 N–H and O–H groups in total. The highest BCUT2D eigenvalue weighted by molar-refractivity contribution is 7.92. The molecule has 6 nitrogen and oxygen atoms in total. The van der Waals surface area contributed by atoms with Crippen molar-refractivity contribution in [3.63, 3.8) is 0 Å². The number of benzene rings is 1. The van der Waals surface area contributed by atoms with E-state index in [1.165, 1.54) is 12.5 Å². The summed E-state index contributed by atoms with van der Waals surface area (Å²) in [4.78, 5) is 11.2. The number of aromatic amines is 1. The molecular weight excluding hydrogens is 276 g/mol. The average molecular weight is 288 g/mol. The first-order valence-electron chi connectivity index (χ1n) is 5.94. The number of imidazole rings is 1. The van der Waals surface area contributed by atoms with Crippen LogP contribution in [0, 0.1) is 6.92 Å². The number of aryl methyl sites for hydroxylation is 1. The molecule has 3 aromatic rings. The second-order valence-electron chi connectivity index (χ2n) is 4.37. The Morgan fingerprint density at radius 2 is 2.00 bits per heavy atom. The van der Waals surface area contributed by atoms with E-state index in [1.54, 1.807) is 37.3 Å². The van der Waals surface area contributed by atoms with Gasteiger partial charge in [-0.15, -0.1) is 0 Å². The van der Waals surface area contributed by atoms with E-state index < -0.39 is 10.0 Å². The topological polar surface area (TPSA) is 87.7 Å². The maximum atomic E-state index is 12.3. The number of hydrogen-bond donors (Lipinski definition) is 2. The lowest BCUT2D eigenvalue weighted by molar-refractivity contribution is 0.600. The Morgan fingerprint density at radius 1 is 1.20 bits per heavy atom. The van der Waals surface area contributed by atoms with E-state index in [1.807, 2.05) is 0 Å². The first-order valence-corrected chi connectivity index (χ1v) is 7.42. The molecule has 7 heteroatoms. The molecule has 0 amide bonds. The Kier molecular flexibility index (Phi) is 2.90. The van der Waals surface area contributed by atoms with Gasteiger partial charge >= 0.3 is 0 Å². The maximum absolute atomic E-state index is 12.3. The molecule has 0 radical (unpaired) electrons. The van der Waals surface area contributed by atoms with Gasteiger partial charge in [0.05, 0.1) is 28.6 Å². The molecule has 0 saturated carbocycles. The highest BCUT2D eigenvalue weighted by Gasteiger charge is 2.16. The second kappa shape index (κ2) is 4.61. The lowest BCUT2D eigenvalue weighted by Crippen LogP contribution is -2.14. The van der Waals surface area contributed by atoms with Crippen LogP contribution in [0.4, 0.5) is 5.69 Å². The lowest BCUT2D eigenvalue weighted by Gasteiger charge is -2.09. The number of hydrogen-bond acceptors (Lipinski definition) is 4. The Hall–Kier alpha value is -2.41. The van der Waals surface area contributed by atoms with Crippen molar-refractivity contribution in [1.29, 1.82) is 0 Å². The number of rotatable bonds is 3. The summed E-state index contributed by atoms with van der Waals surface area (Å²) in [7, 11) is -3.62. The third kappa shape index (κ3) is 2.23. The van der Waals surface area contributed by atoms with Gasteiger partial charge in [-0.2, -0.15) is 0 Å². The molecule has 0 fully saturated rings. The standard InChI is InChI=1S/C13H12N4O2S/c1-9-4-2-3-5-12(9)20(18,19)17-10-6-11-13(14-7-10)16-8-15-11/h2-8,17H,1H3,(H,14,15,16). The monoisotopic (exact) mass is 288 g/mol. The van der Waals surface area contributed by atoms with Crippen LogP contribution < -0.4 is 4.72 Å². The van der Waals surface area contributed by atoms with E-state index >= 15 is 0 Å². The largest absolute Gasteiger partial charge is 0.343 e. The van der Waals surface area contributed by atoms with Gasteiger partial charge in [0.1, 0.15) is 0 Å². The molecule has 3 rings (SSSR count). The summed E-state index contributed by atoms with van der Waals surface area (Å²) in [5, 5.41) is 0. The summed E-state index contributed by atoms with van der Waals surface area (Å²) < 4.78 is 27.2. The van der Waals surface area contributed by atoms with Gasteiger partial charge in [0.2, 0.25) is 0 Å². The molecule has 2 aromatic heterocycles. The van der Waals surface area contributed by atoms with E-state index in [-0.39, 0.29) is 4.90 Å². The zero-order valence-electron chi connectivity index (χ0n) is 10.7. The minimum absolute atomic E-state index is 0.254. The van der Waals surface area contributed by atoms with Gasteiger partial charge in [-0.1, -0.05) is 18.2 Å². The number of sulfonamides is 1. The Labute approximate surface area is 115 Å². The van der Waals surface area contributed by atoms with Crippen molar-refractivity contribution in [2.24, 2.45) is 0 Å². The van der Waals surface area contributed by atoms with Crippen molar-refractivity contribution in [2.75, 3.05) is 4.72 Å². The van der Waals surface area contributed by atoms with Crippen LogP contribution in [0.1, 0.15) is 5.56 Å². The van der Waals surface area contributed by atoms with Crippen molar-refractivity contribution in [3.05, 3.63) is 48.4 Å². The number of pyridine rings is 1. The summed E-state index contributed by atoms with van der Waals surface area (Å²) in [6.07, 6.45) is 2.95. The quantitative estimate of drug-likeness (QED) is 0.772.